The number of carboxylic acids is 1. The third-order valence-corrected chi connectivity index (χ3v) is 2.98. The molecule has 0 aromatic carbocycles. The van der Waals surface area contributed by atoms with Crippen LogP contribution < -0.4 is 21.7 Å². The van der Waals surface area contributed by atoms with Crippen LogP contribution in [0.2, 0.25) is 0 Å². The van der Waals surface area contributed by atoms with Gasteiger partial charge in [0.1, 0.15) is 6.04 Å². The van der Waals surface area contributed by atoms with E-state index in [-0.39, 0.29) is 18.1 Å². The molecule has 0 spiro atoms. The van der Waals surface area contributed by atoms with Gasteiger partial charge in [-0.15, -0.1) is 0 Å². The Hall–Kier alpha value is -1.46. The van der Waals surface area contributed by atoms with Crippen molar-refractivity contribution in [3.05, 3.63) is 0 Å². The molecule has 0 aliphatic heterocycles. The van der Waals surface area contributed by atoms with Gasteiger partial charge in [-0.2, -0.15) is 25.3 Å². The highest BCUT2D eigenvalue weighted by Crippen LogP contribution is 1.87. The second-order valence-electron chi connectivity index (χ2n) is 3.92. The highest BCUT2D eigenvalue weighted by atomic mass is 32.1. The molecule has 120 valence electrons. The molecule has 11 heteroatoms. The molecule has 2 atom stereocenters. The van der Waals surface area contributed by atoms with Crippen LogP contribution in [0.15, 0.2) is 0 Å². The lowest BCUT2D eigenvalue weighted by molar-refractivity contribution is -0.141. The van der Waals surface area contributed by atoms with Crippen molar-refractivity contribution in [1.29, 1.82) is 0 Å². The van der Waals surface area contributed by atoms with Crippen molar-refractivity contribution < 1.29 is 24.3 Å². The van der Waals surface area contributed by atoms with Crippen molar-refractivity contribution >= 4 is 48.9 Å². The highest BCUT2D eigenvalue weighted by molar-refractivity contribution is 7.80. The lowest BCUT2D eigenvalue weighted by Crippen LogP contribution is -2.49. The average molecular weight is 338 g/mol. The average Bonchev–Trinajstić information content (AvgIpc) is 2.46. The molecule has 0 radical (unpaired) electrons. The molecule has 0 bridgehead atoms. The van der Waals surface area contributed by atoms with Crippen LogP contribution in [0, 0.1) is 0 Å². The highest BCUT2D eigenvalue weighted by Gasteiger charge is 2.18. The molecule has 0 fully saturated rings. The SMILES string of the molecule is NC(CS)C(=O)NCC(=O)NCC(=O)NC(CS)C(=O)O. The summed E-state index contributed by atoms with van der Waals surface area (Å²) in [6, 6.07) is -1.96. The molecule has 6 N–H and O–H groups in total. The topological polar surface area (TPSA) is 151 Å². The third-order valence-electron chi connectivity index (χ3n) is 2.22. The molecule has 0 saturated carbocycles. The molecule has 0 saturated heterocycles. The zero-order valence-corrected chi connectivity index (χ0v) is 12.8. The normalized spacial score (nSPS) is 12.9. The molecule has 0 aliphatic rings. The number of nitrogens with two attached hydrogens (primary N) is 1. The van der Waals surface area contributed by atoms with Crippen molar-refractivity contribution in [2.45, 2.75) is 12.1 Å². The van der Waals surface area contributed by atoms with Crippen LogP contribution in [0.5, 0.6) is 0 Å². The van der Waals surface area contributed by atoms with Gasteiger partial charge >= 0.3 is 5.97 Å². The molecule has 2 unspecified atom stereocenters. The maximum atomic E-state index is 11.4. The maximum absolute atomic E-state index is 11.4. The van der Waals surface area contributed by atoms with Crippen molar-refractivity contribution in [3.8, 4) is 0 Å². The minimum Gasteiger partial charge on any atom is -0.480 e. The van der Waals surface area contributed by atoms with E-state index >= 15 is 0 Å². The van der Waals surface area contributed by atoms with Gasteiger partial charge in [0, 0.05) is 11.5 Å². The lowest BCUT2D eigenvalue weighted by Gasteiger charge is -2.13. The van der Waals surface area contributed by atoms with E-state index in [0.717, 1.165) is 0 Å². The van der Waals surface area contributed by atoms with Crippen molar-refractivity contribution in [2.75, 3.05) is 24.6 Å². The van der Waals surface area contributed by atoms with Gasteiger partial charge < -0.3 is 26.8 Å². The Balaban J connectivity index is 4.00. The molecule has 0 aliphatic carbocycles. The summed E-state index contributed by atoms with van der Waals surface area (Å²) in [5.41, 5.74) is 5.38. The molecule has 21 heavy (non-hydrogen) atoms. The summed E-state index contributed by atoms with van der Waals surface area (Å²) in [4.78, 5) is 44.6. The predicted molar refractivity (Wildman–Crippen MR) is 81.3 cm³/mol. The summed E-state index contributed by atoms with van der Waals surface area (Å²) in [7, 11) is 0. The quantitative estimate of drug-likeness (QED) is 0.222. The van der Waals surface area contributed by atoms with Crippen molar-refractivity contribution in [1.82, 2.24) is 16.0 Å². The number of rotatable bonds is 9. The van der Waals surface area contributed by atoms with E-state index in [0.29, 0.717) is 0 Å². The third kappa shape index (κ3) is 8.42. The van der Waals surface area contributed by atoms with Crippen LogP contribution in [0.3, 0.4) is 0 Å². The fourth-order valence-corrected chi connectivity index (χ4v) is 1.47. The van der Waals surface area contributed by atoms with E-state index in [9.17, 15) is 19.2 Å². The lowest BCUT2D eigenvalue weighted by atomic mass is 10.3. The Labute approximate surface area is 132 Å². The van der Waals surface area contributed by atoms with Crippen molar-refractivity contribution in [3.63, 3.8) is 0 Å². The molecule has 0 aromatic rings. The number of hydrogen-bond donors (Lipinski definition) is 7. The molecule has 9 nitrogen and oxygen atoms in total. The maximum Gasteiger partial charge on any atom is 0.327 e. The molecular weight excluding hydrogens is 320 g/mol. The Kier molecular flexibility index (Phi) is 9.58. The summed E-state index contributed by atoms with van der Waals surface area (Å²) in [5.74, 6) is -2.99. The molecule has 0 rings (SSSR count). The first-order valence-electron chi connectivity index (χ1n) is 5.85. The smallest absolute Gasteiger partial charge is 0.327 e. The number of amides is 3. The summed E-state index contributed by atoms with van der Waals surface area (Å²) in [5, 5.41) is 15.4. The number of hydrogen-bond acceptors (Lipinski definition) is 7. The van der Waals surface area contributed by atoms with Crippen LogP contribution >= 0.6 is 25.3 Å². The van der Waals surface area contributed by atoms with Crippen LogP contribution in [0.25, 0.3) is 0 Å². The largest absolute Gasteiger partial charge is 0.480 e. The summed E-state index contributed by atoms with van der Waals surface area (Å²) in [6.07, 6.45) is 0. The molecular formula is C10H18N4O5S2. The van der Waals surface area contributed by atoms with Gasteiger partial charge in [0.05, 0.1) is 19.1 Å². The van der Waals surface area contributed by atoms with Crippen LogP contribution in [-0.4, -0.2) is 65.5 Å². The first-order valence-corrected chi connectivity index (χ1v) is 7.12. The van der Waals surface area contributed by atoms with Gasteiger partial charge in [0.15, 0.2) is 0 Å². The predicted octanol–water partition coefficient (Wildman–Crippen LogP) is -3.02. The zero-order valence-electron chi connectivity index (χ0n) is 11.0. The number of carboxylic acid groups (broad SMARTS) is 1. The first-order chi connectivity index (χ1) is 9.81. The molecule has 0 aromatic heterocycles. The fraction of sp³-hybridized carbons (Fsp3) is 0.600. The van der Waals surface area contributed by atoms with E-state index < -0.39 is 42.3 Å². The zero-order chi connectivity index (χ0) is 16.4. The van der Waals surface area contributed by atoms with E-state index in [4.69, 9.17) is 10.8 Å². The van der Waals surface area contributed by atoms with Gasteiger partial charge in [0.2, 0.25) is 17.7 Å². The minimum atomic E-state index is -1.22. The fourth-order valence-electron chi connectivity index (χ4n) is 1.05. The van der Waals surface area contributed by atoms with E-state index in [1.165, 1.54) is 0 Å². The Morgan fingerprint density at radius 1 is 1.00 bits per heavy atom. The number of carbonyl (C=O) groups is 4. The van der Waals surface area contributed by atoms with E-state index in [1.807, 2.05) is 0 Å². The van der Waals surface area contributed by atoms with Crippen LogP contribution in [0.1, 0.15) is 0 Å². The van der Waals surface area contributed by atoms with Crippen molar-refractivity contribution in [2.24, 2.45) is 5.73 Å². The Morgan fingerprint density at radius 3 is 2.05 bits per heavy atom. The summed E-state index contributed by atoms with van der Waals surface area (Å²) < 4.78 is 0. The summed E-state index contributed by atoms with van der Waals surface area (Å²) in [6.45, 7) is -0.757. The monoisotopic (exact) mass is 338 g/mol. The van der Waals surface area contributed by atoms with Crippen LogP contribution in [-0.2, 0) is 19.2 Å². The number of carbonyl (C=O) groups excluding carboxylic acids is 3. The second kappa shape index (κ2) is 10.3. The second-order valence-corrected chi connectivity index (χ2v) is 4.65. The Morgan fingerprint density at radius 2 is 1.57 bits per heavy atom. The molecule has 0 heterocycles. The van der Waals surface area contributed by atoms with Gasteiger partial charge in [-0.3, -0.25) is 14.4 Å². The number of aliphatic carboxylic acids is 1. The van der Waals surface area contributed by atoms with Gasteiger partial charge in [-0.1, -0.05) is 0 Å². The van der Waals surface area contributed by atoms with E-state index in [1.54, 1.807) is 0 Å². The van der Waals surface area contributed by atoms with Crippen LogP contribution in [0.4, 0.5) is 0 Å². The van der Waals surface area contributed by atoms with Gasteiger partial charge in [0.25, 0.3) is 0 Å². The van der Waals surface area contributed by atoms with E-state index in [2.05, 4.69) is 41.2 Å². The van der Waals surface area contributed by atoms with Gasteiger partial charge in [-0.25, -0.2) is 4.79 Å². The summed E-state index contributed by atoms with van der Waals surface area (Å²) >= 11 is 7.61. The number of nitrogens with one attached hydrogen (secondary N) is 3. The minimum absolute atomic E-state index is 0.0767. The standard InChI is InChI=1S/C10H18N4O5S2/c11-5(3-20)9(17)13-1-7(15)12-2-8(16)14-6(4-21)10(18)19/h5-6,20-21H,1-4,11H2,(H,12,15)(H,13,17)(H,14,16)(H,18,19). The first kappa shape index (κ1) is 19.5. The number of thiol groups is 2. The Bertz CT molecular complexity index is 407. The van der Waals surface area contributed by atoms with Gasteiger partial charge in [-0.05, 0) is 0 Å². The molecule has 3 amide bonds.